The van der Waals surface area contributed by atoms with Crippen LogP contribution in [0.5, 0.6) is 0 Å². The Morgan fingerprint density at radius 1 is 1.13 bits per heavy atom. The predicted molar refractivity (Wildman–Crippen MR) is 82.7 cm³/mol. The third-order valence-corrected chi connectivity index (χ3v) is 4.42. The maximum Gasteiger partial charge on any atom is 0.251 e. The maximum absolute atomic E-state index is 12.9. The molecule has 1 atom stereocenters. The van der Waals surface area contributed by atoms with E-state index in [1.165, 1.54) is 24.3 Å². The molecule has 2 fully saturated rings. The van der Waals surface area contributed by atoms with Crippen LogP contribution in [-0.4, -0.2) is 66.9 Å². The molecule has 0 spiro atoms. The Morgan fingerprint density at radius 2 is 1.83 bits per heavy atom. The minimum Gasteiger partial charge on any atom is -0.368 e. The standard InChI is InChI=1S/C17H21FN2O3/c18-14-5-3-13(4-6-14)15(21)12-19-7-9-20(10-8-19)17(22)16-2-1-11-23-16/h3-6,16H,1-2,7-12H2. The zero-order valence-electron chi connectivity index (χ0n) is 13.0. The first-order valence-electron chi connectivity index (χ1n) is 8.05. The van der Waals surface area contributed by atoms with Crippen LogP contribution in [0.4, 0.5) is 4.39 Å². The topological polar surface area (TPSA) is 49.9 Å². The van der Waals surface area contributed by atoms with Gasteiger partial charge in [0.05, 0.1) is 6.54 Å². The van der Waals surface area contributed by atoms with Crippen LogP contribution < -0.4 is 0 Å². The number of carbonyl (C=O) groups is 2. The fourth-order valence-electron chi connectivity index (χ4n) is 3.03. The van der Waals surface area contributed by atoms with Crippen LogP contribution in [0.15, 0.2) is 24.3 Å². The number of Topliss-reactive ketones (excluding diaryl/α,β-unsaturated/α-hetero) is 1. The number of hydrogen-bond acceptors (Lipinski definition) is 4. The van der Waals surface area contributed by atoms with E-state index in [0.29, 0.717) is 44.9 Å². The van der Waals surface area contributed by atoms with Crippen LogP contribution >= 0.6 is 0 Å². The zero-order valence-corrected chi connectivity index (χ0v) is 13.0. The van der Waals surface area contributed by atoms with Gasteiger partial charge in [0.1, 0.15) is 11.9 Å². The van der Waals surface area contributed by atoms with E-state index >= 15 is 0 Å². The van der Waals surface area contributed by atoms with Crippen molar-refractivity contribution < 1.29 is 18.7 Å². The lowest BCUT2D eigenvalue weighted by molar-refractivity contribution is -0.142. The minimum absolute atomic E-state index is 0.0242. The summed E-state index contributed by atoms with van der Waals surface area (Å²) in [6.45, 7) is 3.55. The highest BCUT2D eigenvalue weighted by molar-refractivity contribution is 5.97. The largest absolute Gasteiger partial charge is 0.368 e. The molecule has 2 heterocycles. The van der Waals surface area contributed by atoms with Crippen molar-refractivity contribution in [3.63, 3.8) is 0 Å². The molecule has 2 aliphatic rings. The summed E-state index contributed by atoms with van der Waals surface area (Å²) in [5.74, 6) is -0.293. The lowest BCUT2D eigenvalue weighted by Gasteiger charge is -2.35. The number of rotatable bonds is 4. The summed E-state index contributed by atoms with van der Waals surface area (Å²) in [6.07, 6.45) is 1.48. The van der Waals surface area contributed by atoms with E-state index in [9.17, 15) is 14.0 Å². The molecule has 0 bridgehead atoms. The van der Waals surface area contributed by atoms with Crippen LogP contribution in [0, 0.1) is 5.82 Å². The lowest BCUT2D eigenvalue weighted by Crippen LogP contribution is -2.52. The van der Waals surface area contributed by atoms with Gasteiger partial charge in [-0.3, -0.25) is 14.5 Å². The molecular formula is C17H21FN2O3. The molecule has 2 aliphatic heterocycles. The quantitative estimate of drug-likeness (QED) is 0.786. The molecule has 3 rings (SSSR count). The fourth-order valence-corrected chi connectivity index (χ4v) is 3.03. The molecular weight excluding hydrogens is 299 g/mol. The molecule has 2 saturated heterocycles. The molecule has 23 heavy (non-hydrogen) atoms. The van der Waals surface area contributed by atoms with Gasteiger partial charge in [-0.15, -0.1) is 0 Å². The van der Waals surface area contributed by atoms with Crippen LogP contribution in [-0.2, 0) is 9.53 Å². The van der Waals surface area contributed by atoms with E-state index < -0.39 is 0 Å². The number of piperazine rings is 1. The number of ether oxygens (including phenoxy) is 1. The first kappa shape index (κ1) is 16.1. The number of ketones is 1. The minimum atomic E-state index is -0.345. The van der Waals surface area contributed by atoms with Crippen molar-refractivity contribution in [2.24, 2.45) is 0 Å². The molecule has 0 N–H and O–H groups in total. The molecule has 1 unspecified atom stereocenters. The number of nitrogens with zero attached hydrogens (tertiary/aromatic N) is 2. The number of benzene rings is 1. The van der Waals surface area contributed by atoms with Gasteiger partial charge in [0, 0.05) is 38.3 Å². The van der Waals surface area contributed by atoms with E-state index in [0.717, 1.165) is 12.8 Å². The second-order valence-corrected chi connectivity index (χ2v) is 6.03. The van der Waals surface area contributed by atoms with Gasteiger partial charge >= 0.3 is 0 Å². The first-order chi connectivity index (χ1) is 11.1. The highest BCUT2D eigenvalue weighted by Gasteiger charge is 2.30. The van der Waals surface area contributed by atoms with Gasteiger partial charge in [0.25, 0.3) is 5.91 Å². The van der Waals surface area contributed by atoms with Crippen molar-refractivity contribution >= 4 is 11.7 Å². The van der Waals surface area contributed by atoms with Gasteiger partial charge in [0.15, 0.2) is 5.78 Å². The second kappa shape index (κ2) is 7.19. The second-order valence-electron chi connectivity index (χ2n) is 6.03. The molecule has 0 aliphatic carbocycles. The molecule has 124 valence electrons. The Kier molecular flexibility index (Phi) is 5.03. The Balaban J connectivity index is 1.48. The summed E-state index contributed by atoms with van der Waals surface area (Å²) >= 11 is 0. The normalized spacial score (nSPS) is 22.3. The monoisotopic (exact) mass is 320 g/mol. The van der Waals surface area contributed by atoms with Crippen LogP contribution in [0.25, 0.3) is 0 Å². The smallest absolute Gasteiger partial charge is 0.251 e. The molecule has 1 amide bonds. The van der Waals surface area contributed by atoms with Crippen molar-refractivity contribution in [2.45, 2.75) is 18.9 Å². The summed E-state index contributed by atoms with van der Waals surface area (Å²) in [5, 5.41) is 0. The summed E-state index contributed by atoms with van der Waals surface area (Å²) < 4.78 is 18.3. The van der Waals surface area contributed by atoms with E-state index in [2.05, 4.69) is 0 Å². The number of hydrogen-bond donors (Lipinski definition) is 0. The van der Waals surface area contributed by atoms with Crippen molar-refractivity contribution in [3.05, 3.63) is 35.6 Å². The van der Waals surface area contributed by atoms with Crippen LogP contribution in [0.2, 0.25) is 0 Å². The van der Waals surface area contributed by atoms with Gasteiger partial charge in [0.2, 0.25) is 0 Å². The average molecular weight is 320 g/mol. The summed E-state index contributed by atoms with van der Waals surface area (Å²) in [5.41, 5.74) is 0.518. The molecule has 1 aromatic carbocycles. The summed E-state index contributed by atoms with van der Waals surface area (Å²) in [7, 11) is 0. The highest BCUT2D eigenvalue weighted by atomic mass is 19.1. The summed E-state index contributed by atoms with van der Waals surface area (Å²) in [6, 6.07) is 5.61. The molecule has 1 aromatic rings. The average Bonchev–Trinajstić information content (AvgIpc) is 3.10. The molecule has 0 radical (unpaired) electrons. The van der Waals surface area contributed by atoms with Crippen molar-refractivity contribution in [1.29, 1.82) is 0 Å². The Bertz CT molecular complexity index is 562. The fraction of sp³-hybridized carbons (Fsp3) is 0.529. The first-order valence-corrected chi connectivity index (χ1v) is 8.05. The van der Waals surface area contributed by atoms with E-state index in [1.807, 2.05) is 9.80 Å². The van der Waals surface area contributed by atoms with Gasteiger partial charge in [-0.05, 0) is 37.1 Å². The van der Waals surface area contributed by atoms with Gasteiger partial charge in [-0.1, -0.05) is 0 Å². The summed E-state index contributed by atoms with van der Waals surface area (Å²) in [4.78, 5) is 28.3. The van der Waals surface area contributed by atoms with Crippen molar-refractivity contribution in [3.8, 4) is 0 Å². The Hall–Kier alpha value is -1.79. The number of carbonyl (C=O) groups excluding carboxylic acids is 2. The number of amides is 1. The third kappa shape index (κ3) is 3.95. The van der Waals surface area contributed by atoms with Crippen LogP contribution in [0.3, 0.4) is 0 Å². The lowest BCUT2D eigenvalue weighted by atomic mass is 10.1. The maximum atomic E-state index is 12.9. The van der Waals surface area contributed by atoms with E-state index in [1.54, 1.807) is 0 Å². The Morgan fingerprint density at radius 3 is 2.43 bits per heavy atom. The SMILES string of the molecule is O=C(CN1CCN(C(=O)C2CCCO2)CC1)c1ccc(F)cc1. The van der Waals surface area contributed by atoms with Gasteiger partial charge in [-0.25, -0.2) is 4.39 Å². The highest BCUT2D eigenvalue weighted by Crippen LogP contribution is 2.16. The number of halogens is 1. The van der Waals surface area contributed by atoms with Gasteiger partial charge < -0.3 is 9.64 Å². The predicted octanol–water partition coefficient (Wildman–Crippen LogP) is 1.33. The molecule has 0 saturated carbocycles. The molecule has 5 nitrogen and oxygen atoms in total. The van der Waals surface area contributed by atoms with E-state index in [4.69, 9.17) is 4.74 Å². The van der Waals surface area contributed by atoms with Crippen LogP contribution in [0.1, 0.15) is 23.2 Å². The Labute approximate surface area is 135 Å². The van der Waals surface area contributed by atoms with Gasteiger partial charge in [-0.2, -0.15) is 0 Å². The zero-order chi connectivity index (χ0) is 16.2. The van der Waals surface area contributed by atoms with Crippen molar-refractivity contribution in [1.82, 2.24) is 9.80 Å². The third-order valence-electron chi connectivity index (χ3n) is 4.42. The molecule has 6 heteroatoms. The van der Waals surface area contributed by atoms with Crippen molar-refractivity contribution in [2.75, 3.05) is 39.3 Å². The molecule has 0 aromatic heterocycles. The van der Waals surface area contributed by atoms with E-state index in [-0.39, 0.29) is 23.6 Å².